The first-order valence-electron chi connectivity index (χ1n) is 11.1. The predicted molar refractivity (Wildman–Crippen MR) is 125 cm³/mol. The van der Waals surface area contributed by atoms with Crippen molar-refractivity contribution in [1.82, 2.24) is 15.5 Å². The minimum Gasteiger partial charge on any atom is -0.494 e. The van der Waals surface area contributed by atoms with Gasteiger partial charge in [0.05, 0.1) is 19.6 Å². The van der Waals surface area contributed by atoms with Crippen molar-refractivity contribution in [1.29, 1.82) is 0 Å². The summed E-state index contributed by atoms with van der Waals surface area (Å²) in [5.41, 5.74) is 0.396. The number of unbranched alkanes of at least 4 members (excludes halogenated alkanes) is 1. The zero-order valence-corrected chi connectivity index (χ0v) is 19.8. The Morgan fingerprint density at radius 1 is 1.31 bits per heavy atom. The summed E-state index contributed by atoms with van der Waals surface area (Å²) in [7, 11) is 0. The summed E-state index contributed by atoms with van der Waals surface area (Å²) < 4.78 is 10.9. The van der Waals surface area contributed by atoms with E-state index in [1.807, 2.05) is 13.8 Å². The van der Waals surface area contributed by atoms with Crippen molar-refractivity contribution in [3.8, 4) is 5.75 Å². The van der Waals surface area contributed by atoms with Crippen LogP contribution in [0.5, 0.6) is 5.75 Å². The molecule has 1 saturated heterocycles. The number of ether oxygens (including phenoxy) is 2. The Bertz CT molecular complexity index is 815. The minimum absolute atomic E-state index is 0.0992. The third-order valence-electron chi connectivity index (χ3n) is 4.99. The average Bonchev–Trinajstić information content (AvgIpc) is 2.75. The van der Waals surface area contributed by atoms with Gasteiger partial charge in [0, 0.05) is 18.7 Å². The van der Waals surface area contributed by atoms with Crippen molar-refractivity contribution in [3.05, 3.63) is 29.8 Å². The summed E-state index contributed by atoms with van der Waals surface area (Å²) in [6, 6.07) is 6.02. The molecule has 2 N–H and O–H groups in total. The molecule has 0 aromatic heterocycles. The van der Waals surface area contributed by atoms with Gasteiger partial charge in [0.2, 0.25) is 5.91 Å². The van der Waals surface area contributed by atoms with Gasteiger partial charge in [-0.25, -0.2) is 0 Å². The SMILES string of the molecule is CCCCOc1cccc(C(=O)NC(=S)N2CCNC(=O)C2CC(=O)OCCC(C)C)c1. The van der Waals surface area contributed by atoms with E-state index in [1.165, 1.54) is 0 Å². The lowest BCUT2D eigenvalue weighted by Crippen LogP contribution is -2.60. The van der Waals surface area contributed by atoms with Gasteiger partial charge >= 0.3 is 5.97 Å². The van der Waals surface area contributed by atoms with Crippen LogP contribution in [0.15, 0.2) is 24.3 Å². The van der Waals surface area contributed by atoms with Gasteiger partial charge in [-0.3, -0.25) is 19.7 Å². The fourth-order valence-corrected chi connectivity index (χ4v) is 3.40. The first-order valence-corrected chi connectivity index (χ1v) is 11.5. The molecule has 1 aliphatic rings. The highest BCUT2D eigenvalue weighted by atomic mass is 32.1. The largest absolute Gasteiger partial charge is 0.494 e. The van der Waals surface area contributed by atoms with Crippen LogP contribution in [0.3, 0.4) is 0 Å². The molecule has 1 aromatic carbocycles. The highest BCUT2D eigenvalue weighted by Gasteiger charge is 2.34. The molecule has 2 rings (SSSR count). The third kappa shape index (κ3) is 8.11. The van der Waals surface area contributed by atoms with Crippen LogP contribution in [0.2, 0.25) is 0 Å². The maximum atomic E-state index is 12.7. The van der Waals surface area contributed by atoms with Crippen molar-refractivity contribution in [3.63, 3.8) is 0 Å². The molecule has 1 aliphatic heterocycles. The fraction of sp³-hybridized carbons (Fsp3) is 0.565. The van der Waals surface area contributed by atoms with Crippen LogP contribution in [0.4, 0.5) is 0 Å². The topological polar surface area (TPSA) is 97.0 Å². The molecule has 0 radical (unpaired) electrons. The molecule has 2 amide bonds. The number of hydrogen-bond acceptors (Lipinski definition) is 6. The smallest absolute Gasteiger partial charge is 0.308 e. The molecule has 1 aromatic rings. The second-order valence-corrected chi connectivity index (χ2v) is 8.48. The van der Waals surface area contributed by atoms with Crippen LogP contribution >= 0.6 is 12.2 Å². The number of esters is 1. The van der Waals surface area contributed by atoms with Crippen LogP contribution in [-0.4, -0.2) is 60.1 Å². The van der Waals surface area contributed by atoms with Crippen molar-refractivity contribution in [2.45, 2.75) is 52.5 Å². The number of nitrogens with one attached hydrogen (secondary N) is 2. The molecule has 1 unspecified atom stereocenters. The first kappa shape index (κ1) is 25.6. The van der Waals surface area contributed by atoms with Gasteiger partial charge in [-0.2, -0.15) is 0 Å². The lowest BCUT2D eigenvalue weighted by molar-refractivity contribution is -0.147. The number of benzene rings is 1. The van der Waals surface area contributed by atoms with E-state index >= 15 is 0 Å². The van der Waals surface area contributed by atoms with Gasteiger partial charge in [0.1, 0.15) is 11.8 Å². The summed E-state index contributed by atoms with van der Waals surface area (Å²) in [4.78, 5) is 38.9. The van der Waals surface area contributed by atoms with Gasteiger partial charge in [-0.15, -0.1) is 0 Å². The molecule has 8 nitrogen and oxygen atoms in total. The molecular weight excluding hydrogens is 430 g/mol. The quantitative estimate of drug-likeness (QED) is 0.313. The van der Waals surface area contributed by atoms with Gasteiger partial charge in [0.25, 0.3) is 5.91 Å². The number of hydrogen-bond donors (Lipinski definition) is 2. The summed E-state index contributed by atoms with van der Waals surface area (Å²) in [5.74, 6) is -0.170. The van der Waals surface area contributed by atoms with Gasteiger partial charge in [-0.1, -0.05) is 33.3 Å². The van der Waals surface area contributed by atoms with Gasteiger partial charge in [0.15, 0.2) is 5.11 Å². The Morgan fingerprint density at radius 3 is 2.81 bits per heavy atom. The number of piperazine rings is 1. The first-order chi connectivity index (χ1) is 15.3. The van der Waals surface area contributed by atoms with Crippen LogP contribution in [0.1, 0.15) is 56.8 Å². The van der Waals surface area contributed by atoms with E-state index in [0.717, 1.165) is 19.3 Å². The van der Waals surface area contributed by atoms with Gasteiger partial charge in [-0.05, 0) is 49.2 Å². The van der Waals surface area contributed by atoms with E-state index in [1.54, 1.807) is 29.2 Å². The molecule has 1 fully saturated rings. The van der Waals surface area contributed by atoms with E-state index in [-0.39, 0.29) is 17.4 Å². The highest BCUT2D eigenvalue weighted by Crippen LogP contribution is 2.15. The highest BCUT2D eigenvalue weighted by molar-refractivity contribution is 7.80. The van der Waals surface area contributed by atoms with Crippen molar-refractivity contribution >= 4 is 35.1 Å². The Balaban J connectivity index is 1.98. The molecule has 0 spiro atoms. The Kier molecular flexibility index (Phi) is 10.4. The number of carbonyl (C=O) groups excluding carboxylic acids is 3. The fourth-order valence-electron chi connectivity index (χ4n) is 3.09. The monoisotopic (exact) mass is 463 g/mol. The lowest BCUT2D eigenvalue weighted by atomic mass is 10.1. The molecule has 0 saturated carbocycles. The van der Waals surface area contributed by atoms with Gasteiger partial charge < -0.3 is 19.7 Å². The molecule has 9 heteroatoms. The summed E-state index contributed by atoms with van der Waals surface area (Å²) in [6.07, 6.45) is 2.56. The van der Waals surface area contributed by atoms with Crippen LogP contribution < -0.4 is 15.4 Å². The minimum atomic E-state index is -0.827. The Hall–Kier alpha value is -2.68. The predicted octanol–water partition coefficient (Wildman–Crippen LogP) is 2.66. The second kappa shape index (κ2) is 13.0. The zero-order chi connectivity index (χ0) is 23.5. The zero-order valence-electron chi connectivity index (χ0n) is 19.0. The number of amides is 2. The summed E-state index contributed by atoms with van der Waals surface area (Å²) in [5, 5.41) is 5.51. The van der Waals surface area contributed by atoms with E-state index in [9.17, 15) is 14.4 Å². The number of thiocarbonyl (C=S) groups is 1. The number of carbonyl (C=O) groups is 3. The van der Waals surface area contributed by atoms with Crippen molar-refractivity contribution < 1.29 is 23.9 Å². The standard InChI is InChI=1S/C23H33N3O5S/c1-4-5-12-30-18-8-6-7-17(14-18)21(28)25-23(32)26-11-10-24-22(29)19(26)15-20(27)31-13-9-16(2)3/h6-8,14,16,19H,4-5,9-13,15H2,1-3H3,(H,24,29)(H,25,28,32). The van der Waals surface area contributed by atoms with Crippen LogP contribution in [-0.2, 0) is 14.3 Å². The molecular formula is C23H33N3O5S. The summed E-state index contributed by atoms with van der Waals surface area (Å²) in [6.45, 7) is 7.80. The lowest BCUT2D eigenvalue weighted by Gasteiger charge is -2.36. The molecule has 0 bridgehead atoms. The molecule has 0 aliphatic carbocycles. The van der Waals surface area contributed by atoms with Crippen LogP contribution in [0.25, 0.3) is 0 Å². The molecule has 1 atom stereocenters. The maximum Gasteiger partial charge on any atom is 0.308 e. The van der Waals surface area contributed by atoms with Crippen molar-refractivity contribution in [2.24, 2.45) is 5.92 Å². The molecule has 1 heterocycles. The molecule has 32 heavy (non-hydrogen) atoms. The summed E-state index contributed by atoms with van der Waals surface area (Å²) >= 11 is 5.40. The average molecular weight is 464 g/mol. The van der Waals surface area contributed by atoms with Crippen LogP contribution in [0, 0.1) is 5.92 Å². The Morgan fingerprint density at radius 2 is 2.09 bits per heavy atom. The Labute approximate surface area is 195 Å². The van der Waals surface area contributed by atoms with Crippen molar-refractivity contribution in [2.75, 3.05) is 26.3 Å². The molecule has 176 valence electrons. The van der Waals surface area contributed by atoms with E-state index < -0.39 is 17.9 Å². The normalized spacial score (nSPS) is 15.8. The van der Waals surface area contributed by atoms with E-state index in [4.69, 9.17) is 21.7 Å². The maximum absolute atomic E-state index is 12.7. The number of nitrogens with zero attached hydrogens (tertiary/aromatic N) is 1. The second-order valence-electron chi connectivity index (χ2n) is 8.10. The third-order valence-corrected chi connectivity index (χ3v) is 5.33. The number of rotatable bonds is 10. The van der Waals surface area contributed by atoms with E-state index in [0.29, 0.717) is 43.5 Å². The van der Waals surface area contributed by atoms with E-state index in [2.05, 4.69) is 17.6 Å².